The Kier molecular flexibility index (Phi) is 4.19. The van der Waals surface area contributed by atoms with Gasteiger partial charge in [0, 0.05) is 11.5 Å². The molecule has 1 aromatic carbocycles. The van der Waals surface area contributed by atoms with Gasteiger partial charge in [0.05, 0.1) is 17.7 Å². The third-order valence-electron chi connectivity index (χ3n) is 5.05. The molecule has 0 aromatic heterocycles. The lowest BCUT2D eigenvalue weighted by atomic mass is 9.89. The average molecular weight is 354 g/mol. The molecule has 0 saturated heterocycles. The zero-order chi connectivity index (χ0) is 15.0. The first-order chi connectivity index (χ1) is 10.1. The predicted octanol–water partition coefficient (Wildman–Crippen LogP) is 4.16. The van der Waals surface area contributed by atoms with Gasteiger partial charge < -0.3 is 15.2 Å². The van der Waals surface area contributed by atoms with Crippen molar-refractivity contribution in [2.24, 2.45) is 5.73 Å². The zero-order valence-electron chi connectivity index (χ0n) is 12.8. The van der Waals surface area contributed by atoms with Crippen LogP contribution in [0.5, 0.6) is 11.5 Å². The molecule has 2 saturated carbocycles. The van der Waals surface area contributed by atoms with E-state index in [9.17, 15) is 0 Å². The van der Waals surface area contributed by atoms with Crippen LogP contribution >= 0.6 is 15.9 Å². The Balaban J connectivity index is 1.91. The van der Waals surface area contributed by atoms with Gasteiger partial charge in [-0.15, -0.1) is 0 Å². The van der Waals surface area contributed by atoms with Crippen molar-refractivity contribution in [2.75, 3.05) is 7.11 Å². The molecule has 0 spiro atoms. The quantitative estimate of drug-likeness (QED) is 0.864. The van der Waals surface area contributed by atoms with Gasteiger partial charge in [-0.2, -0.15) is 0 Å². The van der Waals surface area contributed by atoms with Crippen molar-refractivity contribution in [3.63, 3.8) is 0 Å². The highest BCUT2D eigenvalue weighted by Gasteiger charge is 2.48. The Labute approximate surface area is 135 Å². The van der Waals surface area contributed by atoms with E-state index in [0.717, 1.165) is 41.7 Å². The van der Waals surface area contributed by atoms with E-state index in [-0.39, 0.29) is 11.5 Å². The second-order valence-electron chi connectivity index (χ2n) is 6.46. The third kappa shape index (κ3) is 2.80. The molecule has 0 radical (unpaired) electrons. The average Bonchev–Trinajstić information content (AvgIpc) is 3.12. The number of methoxy groups -OCH3 is 1. The fourth-order valence-electron chi connectivity index (χ4n) is 3.44. The lowest BCUT2D eigenvalue weighted by Crippen LogP contribution is -2.31. The number of benzene rings is 1. The van der Waals surface area contributed by atoms with Crippen molar-refractivity contribution in [1.82, 2.24) is 0 Å². The van der Waals surface area contributed by atoms with Crippen LogP contribution in [0.1, 0.15) is 51.0 Å². The maximum absolute atomic E-state index is 6.19. The van der Waals surface area contributed by atoms with E-state index < -0.39 is 0 Å². The smallest absolute Gasteiger partial charge is 0.175 e. The van der Waals surface area contributed by atoms with Crippen molar-refractivity contribution >= 4 is 15.9 Å². The fourth-order valence-corrected chi connectivity index (χ4v) is 3.97. The Bertz CT molecular complexity index is 520. The Morgan fingerprint density at radius 2 is 1.95 bits per heavy atom. The Morgan fingerprint density at radius 3 is 2.48 bits per heavy atom. The summed E-state index contributed by atoms with van der Waals surface area (Å²) in [4.78, 5) is 0. The van der Waals surface area contributed by atoms with E-state index in [1.165, 1.54) is 18.4 Å². The maximum atomic E-state index is 6.19. The Morgan fingerprint density at radius 1 is 1.29 bits per heavy atom. The SMILES string of the molecule is COc1cc(C2(C(C)N)CC2)cc(Br)c1OC1CCCC1. The minimum absolute atomic E-state index is 0.127. The summed E-state index contributed by atoms with van der Waals surface area (Å²) in [5.41, 5.74) is 7.58. The van der Waals surface area contributed by atoms with Gasteiger partial charge in [-0.25, -0.2) is 0 Å². The van der Waals surface area contributed by atoms with Crippen LogP contribution in [0.2, 0.25) is 0 Å². The Hall–Kier alpha value is -0.740. The van der Waals surface area contributed by atoms with E-state index in [2.05, 4.69) is 35.0 Å². The van der Waals surface area contributed by atoms with Crippen LogP contribution in [-0.2, 0) is 5.41 Å². The first-order valence-electron chi connectivity index (χ1n) is 7.87. The van der Waals surface area contributed by atoms with Gasteiger partial charge in [-0.3, -0.25) is 0 Å². The molecular weight excluding hydrogens is 330 g/mol. The van der Waals surface area contributed by atoms with E-state index in [4.69, 9.17) is 15.2 Å². The van der Waals surface area contributed by atoms with E-state index in [0.29, 0.717) is 6.10 Å². The largest absolute Gasteiger partial charge is 0.493 e. The number of rotatable bonds is 5. The van der Waals surface area contributed by atoms with Gasteiger partial charge in [0.15, 0.2) is 11.5 Å². The minimum atomic E-state index is 0.127. The second kappa shape index (κ2) is 5.81. The molecule has 116 valence electrons. The summed E-state index contributed by atoms with van der Waals surface area (Å²) in [6.45, 7) is 2.09. The number of nitrogens with two attached hydrogens (primary N) is 1. The summed E-state index contributed by atoms with van der Waals surface area (Å²) in [5, 5.41) is 0. The van der Waals surface area contributed by atoms with Crippen LogP contribution in [0.3, 0.4) is 0 Å². The number of hydrogen-bond donors (Lipinski definition) is 1. The molecule has 2 aliphatic rings. The number of hydrogen-bond acceptors (Lipinski definition) is 3. The second-order valence-corrected chi connectivity index (χ2v) is 7.31. The molecule has 3 nitrogen and oxygen atoms in total. The highest BCUT2D eigenvalue weighted by atomic mass is 79.9. The summed E-state index contributed by atoms with van der Waals surface area (Å²) in [6, 6.07) is 4.45. The monoisotopic (exact) mass is 353 g/mol. The molecule has 2 aliphatic carbocycles. The predicted molar refractivity (Wildman–Crippen MR) is 88.1 cm³/mol. The van der Waals surface area contributed by atoms with Crippen molar-refractivity contribution in [3.8, 4) is 11.5 Å². The van der Waals surface area contributed by atoms with Crippen LogP contribution < -0.4 is 15.2 Å². The van der Waals surface area contributed by atoms with Crippen molar-refractivity contribution < 1.29 is 9.47 Å². The molecule has 21 heavy (non-hydrogen) atoms. The summed E-state index contributed by atoms with van der Waals surface area (Å²) in [5.74, 6) is 1.66. The lowest BCUT2D eigenvalue weighted by molar-refractivity contribution is 0.199. The van der Waals surface area contributed by atoms with Gasteiger partial charge in [-0.05, 0) is 79.1 Å². The standard InChI is InChI=1S/C17H24BrNO2/c1-11(19)17(7-8-17)12-9-14(18)16(15(10-12)20-2)21-13-5-3-4-6-13/h9-11,13H,3-8,19H2,1-2H3. The zero-order valence-corrected chi connectivity index (χ0v) is 14.4. The molecule has 2 N–H and O–H groups in total. The van der Waals surface area contributed by atoms with Gasteiger partial charge in [0.2, 0.25) is 0 Å². The van der Waals surface area contributed by atoms with E-state index in [1.807, 2.05) is 0 Å². The summed E-state index contributed by atoms with van der Waals surface area (Å²) in [7, 11) is 1.71. The van der Waals surface area contributed by atoms with Crippen LogP contribution in [-0.4, -0.2) is 19.3 Å². The molecule has 0 bridgehead atoms. The van der Waals surface area contributed by atoms with Crippen molar-refractivity contribution in [2.45, 2.75) is 63.0 Å². The van der Waals surface area contributed by atoms with Crippen LogP contribution in [0.4, 0.5) is 0 Å². The lowest BCUT2D eigenvalue weighted by Gasteiger charge is -2.23. The number of halogens is 1. The third-order valence-corrected chi connectivity index (χ3v) is 5.64. The molecular formula is C17H24BrNO2. The topological polar surface area (TPSA) is 44.5 Å². The molecule has 0 aliphatic heterocycles. The minimum Gasteiger partial charge on any atom is -0.493 e. The molecule has 3 rings (SSSR count). The first kappa shape index (κ1) is 15.2. The van der Waals surface area contributed by atoms with Crippen molar-refractivity contribution in [3.05, 3.63) is 22.2 Å². The normalized spacial score (nSPS) is 22.1. The molecule has 0 heterocycles. The molecule has 1 atom stereocenters. The molecule has 2 fully saturated rings. The van der Waals surface area contributed by atoms with Gasteiger partial charge in [0.1, 0.15) is 0 Å². The van der Waals surface area contributed by atoms with Gasteiger partial charge in [-0.1, -0.05) is 0 Å². The van der Waals surface area contributed by atoms with E-state index >= 15 is 0 Å². The summed E-state index contributed by atoms with van der Waals surface area (Å²) in [6.07, 6.45) is 7.44. The summed E-state index contributed by atoms with van der Waals surface area (Å²) >= 11 is 3.67. The fraction of sp³-hybridized carbons (Fsp3) is 0.647. The summed E-state index contributed by atoms with van der Waals surface area (Å²) < 4.78 is 12.7. The van der Waals surface area contributed by atoms with E-state index in [1.54, 1.807) is 7.11 Å². The highest BCUT2D eigenvalue weighted by Crippen LogP contribution is 2.53. The van der Waals surface area contributed by atoms with Crippen LogP contribution in [0.25, 0.3) is 0 Å². The molecule has 0 amide bonds. The maximum Gasteiger partial charge on any atom is 0.175 e. The highest BCUT2D eigenvalue weighted by molar-refractivity contribution is 9.10. The van der Waals surface area contributed by atoms with Gasteiger partial charge >= 0.3 is 0 Å². The van der Waals surface area contributed by atoms with Crippen LogP contribution in [0.15, 0.2) is 16.6 Å². The molecule has 1 unspecified atom stereocenters. The first-order valence-corrected chi connectivity index (χ1v) is 8.66. The molecule has 4 heteroatoms. The van der Waals surface area contributed by atoms with Crippen molar-refractivity contribution in [1.29, 1.82) is 0 Å². The number of ether oxygens (including phenoxy) is 2. The van der Waals surface area contributed by atoms with Gasteiger partial charge in [0.25, 0.3) is 0 Å². The van der Waals surface area contributed by atoms with Crippen LogP contribution in [0, 0.1) is 0 Å². The molecule has 1 aromatic rings.